The molecule has 0 spiro atoms. The zero-order valence-corrected chi connectivity index (χ0v) is 14.4. The number of amides is 1. The van der Waals surface area contributed by atoms with E-state index in [9.17, 15) is 9.59 Å². The van der Waals surface area contributed by atoms with Gasteiger partial charge in [-0.2, -0.15) is 0 Å². The van der Waals surface area contributed by atoms with Gasteiger partial charge in [0.25, 0.3) is 5.91 Å². The summed E-state index contributed by atoms with van der Waals surface area (Å²) in [6.07, 6.45) is 0. The molecule has 20 heavy (non-hydrogen) atoms. The second kappa shape index (κ2) is 6.53. The van der Waals surface area contributed by atoms with E-state index >= 15 is 0 Å². The maximum absolute atomic E-state index is 12.1. The van der Waals surface area contributed by atoms with E-state index in [1.54, 1.807) is 24.3 Å². The molecule has 2 aromatic rings. The lowest BCUT2D eigenvalue weighted by atomic mass is 10.2. The predicted octanol–water partition coefficient (Wildman–Crippen LogP) is 3.85. The quantitative estimate of drug-likeness (QED) is 0.640. The van der Waals surface area contributed by atoms with Gasteiger partial charge in [-0.1, -0.05) is 18.2 Å². The summed E-state index contributed by atoms with van der Waals surface area (Å²) in [7, 11) is 0. The lowest BCUT2D eigenvalue weighted by Gasteiger charge is -2.11. The smallest absolute Gasteiger partial charge is 0.335 e. The number of benzene rings is 2. The molecule has 2 N–H and O–H groups in total. The van der Waals surface area contributed by atoms with E-state index in [1.807, 2.05) is 51.2 Å². The van der Waals surface area contributed by atoms with E-state index in [1.165, 1.54) is 12.1 Å². The third-order valence-electron chi connectivity index (χ3n) is 2.56. The van der Waals surface area contributed by atoms with E-state index in [-0.39, 0.29) is 11.5 Å². The third kappa shape index (κ3) is 3.48. The summed E-state index contributed by atoms with van der Waals surface area (Å²) in [4.78, 5) is 23.1. The Morgan fingerprint density at radius 3 is 2.00 bits per heavy atom. The van der Waals surface area contributed by atoms with Gasteiger partial charge >= 0.3 is 5.97 Å². The van der Waals surface area contributed by atoms with Crippen molar-refractivity contribution in [3.05, 3.63) is 60.7 Å². The molecular weight excluding hydrogens is 484 g/mol. The molecule has 0 heterocycles. The zero-order valence-electron chi connectivity index (χ0n) is 10.1. The highest BCUT2D eigenvalue weighted by atomic mass is 127. The van der Waals surface area contributed by atoms with Crippen molar-refractivity contribution in [3.63, 3.8) is 0 Å². The van der Waals surface area contributed by atoms with Gasteiger partial charge in [0, 0.05) is 12.7 Å². The molecule has 1 amide bonds. The number of anilines is 1. The van der Waals surface area contributed by atoms with Crippen LogP contribution in [0.2, 0.25) is 0 Å². The van der Waals surface area contributed by atoms with E-state index in [4.69, 9.17) is 5.11 Å². The minimum absolute atomic E-state index is 0.205. The van der Waals surface area contributed by atoms with E-state index in [0.29, 0.717) is 18.4 Å². The van der Waals surface area contributed by atoms with Crippen molar-refractivity contribution in [2.24, 2.45) is 0 Å². The van der Waals surface area contributed by atoms with Crippen molar-refractivity contribution in [1.29, 1.82) is 0 Å². The highest BCUT2D eigenvalue weighted by Crippen LogP contribution is 2.27. The number of carbonyl (C=O) groups excluding carboxylic acids is 1. The molecule has 0 atom stereocenters. The second-order valence-electron chi connectivity index (χ2n) is 3.94. The summed E-state index contributed by atoms with van der Waals surface area (Å²) in [6, 6.07) is 11.9. The van der Waals surface area contributed by atoms with Crippen LogP contribution < -0.4 is 5.32 Å². The SMILES string of the molecule is O=C(O)c1cc(I)c(NC(=O)c2ccccc2)c(I)c1. The summed E-state index contributed by atoms with van der Waals surface area (Å²) in [5.74, 6) is -1.20. The molecule has 102 valence electrons. The number of halogens is 2. The molecule has 0 aromatic heterocycles. The molecule has 0 aliphatic heterocycles. The van der Waals surface area contributed by atoms with Gasteiger partial charge in [-0.25, -0.2) is 4.79 Å². The Kier molecular flexibility index (Phi) is 4.97. The average molecular weight is 493 g/mol. The van der Waals surface area contributed by atoms with Gasteiger partial charge in [0.15, 0.2) is 0 Å². The fourth-order valence-electron chi connectivity index (χ4n) is 1.59. The summed E-state index contributed by atoms with van der Waals surface area (Å²) < 4.78 is 1.38. The van der Waals surface area contributed by atoms with E-state index in [0.717, 1.165) is 0 Å². The lowest BCUT2D eigenvalue weighted by Crippen LogP contribution is -2.14. The molecule has 6 heteroatoms. The molecule has 0 bridgehead atoms. The fourth-order valence-corrected chi connectivity index (χ4v) is 3.63. The maximum atomic E-state index is 12.1. The van der Waals surface area contributed by atoms with Gasteiger partial charge in [0.2, 0.25) is 0 Å². The molecule has 0 saturated carbocycles. The van der Waals surface area contributed by atoms with Crippen molar-refractivity contribution in [3.8, 4) is 0 Å². The van der Waals surface area contributed by atoms with Crippen LogP contribution in [0.15, 0.2) is 42.5 Å². The largest absolute Gasteiger partial charge is 0.478 e. The second-order valence-corrected chi connectivity index (χ2v) is 6.26. The minimum Gasteiger partial charge on any atom is -0.478 e. The molecule has 0 aliphatic rings. The monoisotopic (exact) mass is 493 g/mol. The number of carbonyl (C=O) groups is 2. The fraction of sp³-hybridized carbons (Fsp3) is 0. The van der Waals surface area contributed by atoms with Crippen molar-refractivity contribution >= 4 is 62.7 Å². The van der Waals surface area contributed by atoms with Gasteiger partial charge in [-0.3, -0.25) is 4.79 Å². The van der Waals surface area contributed by atoms with Crippen LogP contribution >= 0.6 is 45.2 Å². The number of rotatable bonds is 3. The molecule has 0 unspecified atom stereocenters. The first-order valence-electron chi connectivity index (χ1n) is 5.58. The Morgan fingerprint density at radius 1 is 0.950 bits per heavy atom. The van der Waals surface area contributed by atoms with Crippen LogP contribution in [-0.4, -0.2) is 17.0 Å². The highest BCUT2D eigenvalue weighted by Gasteiger charge is 2.14. The molecule has 2 rings (SSSR count). The number of nitrogens with one attached hydrogen (secondary N) is 1. The number of carboxylic acid groups (broad SMARTS) is 1. The molecule has 0 radical (unpaired) electrons. The number of hydrogen-bond donors (Lipinski definition) is 2. The molecule has 0 aliphatic carbocycles. The molecule has 0 saturated heterocycles. The topological polar surface area (TPSA) is 66.4 Å². The summed E-state index contributed by atoms with van der Waals surface area (Å²) in [5, 5.41) is 11.8. The van der Waals surface area contributed by atoms with Crippen LogP contribution in [0.5, 0.6) is 0 Å². The number of carboxylic acids is 1. The third-order valence-corrected chi connectivity index (χ3v) is 4.27. The maximum Gasteiger partial charge on any atom is 0.335 e. The van der Waals surface area contributed by atoms with Gasteiger partial charge in [0.05, 0.1) is 11.3 Å². The number of hydrogen-bond acceptors (Lipinski definition) is 2. The first-order valence-corrected chi connectivity index (χ1v) is 7.73. The van der Waals surface area contributed by atoms with Gasteiger partial charge in [-0.05, 0) is 69.4 Å². The van der Waals surface area contributed by atoms with Crippen molar-refractivity contribution < 1.29 is 14.7 Å². The minimum atomic E-state index is -0.984. The van der Waals surface area contributed by atoms with Crippen LogP contribution in [0.3, 0.4) is 0 Å². The van der Waals surface area contributed by atoms with Gasteiger partial charge < -0.3 is 10.4 Å². The van der Waals surface area contributed by atoms with Crippen molar-refractivity contribution in [1.82, 2.24) is 0 Å². The Bertz CT molecular complexity index is 648. The molecule has 0 fully saturated rings. The Balaban J connectivity index is 2.31. The van der Waals surface area contributed by atoms with Gasteiger partial charge in [-0.15, -0.1) is 0 Å². The van der Waals surface area contributed by atoms with Crippen LogP contribution in [0.1, 0.15) is 20.7 Å². The summed E-state index contributed by atoms with van der Waals surface area (Å²) in [5.41, 5.74) is 1.39. The zero-order chi connectivity index (χ0) is 14.7. The summed E-state index contributed by atoms with van der Waals surface area (Å²) in [6.45, 7) is 0. The van der Waals surface area contributed by atoms with Crippen LogP contribution in [0.25, 0.3) is 0 Å². The normalized spacial score (nSPS) is 10.1. The molecule has 4 nitrogen and oxygen atoms in total. The Labute approximate surface area is 142 Å². The van der Waals surface area contributed by atoms with Crippen LogP contribution in [0.4, 0.5) is 5.69 Å². The first kappa shape index (κ1) is 15.2. The highest BCUT2D eigenvalue weighted by molar-refractivity contribution is 14.1. The predicted molar refractivity (Wildman–Crippen MR) is 93.2 cm³/mol. The first-order chi connectivity index (χ1) is 9.49. The van der Waals surface area contributed by atoms with Gasteiger partial charge in [0.1, 0.15) is 0 Å². The van der Waals surface area contributed by atoms with Crippen LogP contribution in [-0.2, 0) is 0 Å². The van der Waals surface area contributed by atoms with E-state index in [2.05, 4.69) is 5.32 Å². The van der Waals surface area contributed by atoms with Crippen LogP contribution in [0, 0.1) is 7.14 Å². The Hall–Kier alpha value is -1.16. The molecular formula is C14H9I2NO3. The number of aromatic carboxylic acids is 1. The van der Waals surface area contributed by atoms with E-state index < -0.39 is 5.97 Å². The Morgan fingerprint density at radius 2 is 1.50 bits per heavy atom. The van der Waals surface area contributed by atoms with Crippen molar-refractivity contribution in [2.45, 2.75) is 0 Å². The standard InChI is InChI=1S/C14H9I2NO3/c15-10-6-9(14(19)20)7-11(16)12(10)17-13(18)8-4-2-1-3-5-8/h1-7H,(H,17,18)(H,19,20). The molecule has 2 aromatic carbocycles. The summed E-state index contributed by atoms with van der Waals surface area (Å²) >= 11 is 4.03. The van der Waals surface area contributed by atoms with Crippen molar-refractivity contribution in [2.75, 3.05) is 5.32 Å². The lowest BCUT2D eigenvalue weighted by molar-refractivity contribution is 0.0696. The average Bonchev–Trinajstić information content (AvgIpc) is 2.43.